The van der Waals surface area contributed by atoms with Crippen molar-refractivity contribution in [3.63, 3.8) is 0 Å². The van der Waals surface area contributed by atoms with Gasteiger partial charge in [0.05, 0.1) is 25.3 Å². The number of nitrogens with zero attached hydrogens (tertiary/aromatic N) is 1. The molecule has 1 spiro atoms. The molecule has 1 aliphatic carbocycles. The van der Waals surface area contributed by atoms with E-state index in [2.05, 4.69) is 10.6 Å². The van der Waals surface area contributed by atoms with Crippen LogP contribution in [0.1, 0.15) is 32.6 Å². The Labute approximate surface area is 139 Å². The van der Waals surface area contributed by atoms with Gasteiger partial charge in [0.25, 0.3) is 0 Å². The smallest absolute Gasteiger partial charge is 0.405 e. The average Bonchev–Trinajstić information content (AvgIpc) is 3.08. The molecule has 0 bridgehead atoms. The van der Waals surface area contributed by atoms with E-state index >= 15 is 0 Å². The summed E-state index contributed by atoms with van der Waals surface area (Å²) in [6.07, 6.45) is 0.999. The van der Waals surface area contributed by atoms with E-state index in [0.29, 0.717) is 45.4 Å². The number of carbonyl (C=O) groups excluding carboxylic acids is 2. The zero-order valence-corrected chi connectivity index (χ0v) is 13.6. The largest absolute Gasteiger partial charge is 0.465 e. The zero-order chi connectivity index (χ0) is 17.3. The van der Waals surface area contributed by atoms with Crippen molar-refractivity contribution in [1.29, 1.82) is 0 Å². The predicted octanol–water partition coefficient (Wildman–Crippen LogP) is -0.345. The number of nitrogens with one attached hydrogen (secondary N) is 2. The van der Waals surface area contributed by atoms with Crippen LogP contribution in [-0.4, -0.2) is 71.6 Å². The third-order valence-corrected chi connectivity index (χ3v) is 4.96. The standard InChI is InChI=1S/C15H23N3O6/c1-9(19)16-11-8-15(23-6-7-24-15)4-2-12(11)18-5-3-10(13(18)20)17-14(21)22/h10-12,17H,2-8H2,1H3,(H,16,19)(H,21,22)/t10-,11+,12-/m0/s1. The van der Waals surface area contributed by atoms with Gasteiger partial charge in [0.15, 0.2) is 5.79 Å². The zero-order valence-electron chi connectivity index (χ0n) is 13.6. The fourth-order valence-corrected chi connectivity index (χ4v) is 4.00. The molecule has 2 aliphatic heterocycles. The maximum atomic E-state index is 12.5. The van der Waals surface area contributed by atoms with Crippen LogP contribution in [0.25, 0.3) is 0 Å². The summed E-state index contributed by atoms with van der Waals surface area (Å²) >= 11 is 0. The van der Waals surface area contributed by atoms with Gasteiger partial charge in [-0.2, -0.15) is 0 Å². The van der Waals surface area contributed by atoms with E-state index in [9.17, 15) is 14.4 Å². The molecular formula is C15H23N3O6. The third-order valence-electron chi connectivity index (χ3n) is 4.96. The van der Waals surface area contributed by atoms with E-state index in [-0.39, 0.29) is 23.9 Å². The van der Waals surface area contributed by atoms with Crippen LogP contribution in [0.5, 0.6) is 0 Å². The van der Waals surface area contributed by atoms with Gasteiger partial charge in [0.1, 0.15) is 6.04 Å². The number of amides is 3. The second kappa shape index (κ2) is 6.56. The summed E-state index contributed by atoms with van der Waals surface area (Å²) in [5.41, 5.74) is 0. The van der Waals surface area contributed by atoms with E-state index in [0.717, 1.165) is 0 Å². The maximum absolute atomic E-state index is 12.5. The molecular weight excluding hydrogens is 318 g/mol. The molecule has 134 valence electrons. The van der Waals surface area contributed by atoms with Gasteiger partial charge in [-0.25, -0.2) is 4.79 Å². The second-order valence-corrected chi connectivity index (χ2v) is 6.55. The lowest BCUT2D eigenvalue weighted by Gasteiger charge is -2.44. The summed E-state index contributed by atoms with van der Waals surface area (Å²) in [6, 6.07) is -1.17. The molecule has 0 aromatic heterocycles. The molecule has 9 heteroatoms. The lowest BCUT2D eigenvalue weighted by molar-refractivity contribution is -0.191. The predicted molar refractivity (Wildman–Crippen MR) is 81.2 cm³/mol. The number of rotatable bonds is 3. The van der Waals surface area contributed by atoms with Crippen LogP contribution in [0.2, 0.25) is 0 Å². The number of carbonyl (C=O) groups is 3. The summed E-state index contributed by atoms with van der Waals surface area (Å²) in [7, 11) is 0. The Hall–Kier alpha value is -1.87. The normalized spacial score (nSPS) is 32.1. The minimum atomic E-state index is -1.20. The van der Waals surface area contributed by atoms with Gasteiger partial charge in [0, 0.05) is 26.3 Å². The van der Waals surface area contributed by atoms with E-state index in [4.69, 9.17) is 14.6 Å². The van der Waals surface area contributed by atoms with Crippen LogP contribution in [0.3, 0.4) is 0 Å². The van der Waals surface area contributed by atoms with Crippen LogP contribution < -0.4 is 10.6 Å². The van der Waals surface area contributed by atoms with Gasteiger partial charge in [0.2, 0.25) is 11.8 Å². The van der Waals surface area contributed by atoms with Crippen molar-refractivity contribution in [2.45, 2.75) is 56.5 Å². The summed E-state index contributed by atoms with van der Waals surface area (Å²) in [4.78, 5) is 36.6. The quantitative estimate of drug-likeness (QED) is 0.646. The van der Waals surface area contributed by atoms with Crippen molar-refractivity contribution in [2.24, 2.45) is 0 Å². The summed E-state index contributed by atoms with van der Waals surface area (Å²) in [5, 5.41) is 14.0. The highest BCUT2D eigenvalue weighted by Crippen LogP contribution is 2.38. The molecule has 3 amide bonds. The molecule has 0 radical (unpaired) electrons. The van der Waals surface area contributed by atoms with E-state index in [1.165, 1.54) is 6.92 Å². The molecule has 0 unspecified atom stereocenters. The highest BCUT2D eigenvalue weighted by molar-refractivity contribution is 5.87. The van der Waals surface area contributed by atoms with Crippen molar-refractivity contribution in [1.82, 2.24) is 15.5 Å². The average molecular weight is 341 g/mol. The summed E-state index contributed by atoms with van der Waals surface area (Å²) in [5.74, 6) is -1.08. The Kier molecular flexibility index (Phi) is 4.64. The summed E-state index contributed by atoms with van der Waals surface area (Å²) in [6.45, 7) is 2.98. The van der Waals surface area contributed by atoms with Crippen LogP contribution in [0.4, 0.5) is 4.79 Å². The van der Waals surface area contributed by atoms with E-state index < -0.39 is 17.9 Å². The third kappa shape index (κ3) is 3.32. The minimum absolute atomic E-state index is 0.174. The summed E-state index contributed by atoms with van der Waals surface area (Å²) < 4.78 is 11.5. The first-order valence-electron chi connectivity index (χ1n) is 8.25. The molecule has 0 aromatic carbocycles. The van der Waals surface area contributed by atoms with Gasteiger partial charge in [-0.05, 0) is 12.8 Å². The number of carboxylic acid groups (broad SMARTS) is 1. The highest BCUT2D eigenvalue weighted by Gasteiger charge is 2.49. The maximum Gasteiger partial charge on any atom is 0.405 e. The Morgan fingerprint density at radius 2 is 1.96 bits per heavy atom. The van der Waals surface area contributed by atoms with E-state index in [1.54, 1.807) is 4.90 Å². The number of likely N-dealkylation sites (tertiary alicyclic amines) is 1. The van der Waals surface area contributed by atoms with Gasteiger partial charge >= 0.3 is 6.09 Å². The fraction of sp³-hybridized carbons (Fsp3) is 0.800. The number of hydrogen-bond donors (Lipinski definition) is 3. The van der Waals surface area contributed by atoms with Gasteiger partial charge < -0.3 is 30.1 Å². The molecule has 24 heavy (non-hydrogen) atoms. The first-order valence-corrected chi connectivity index (χ1v) is 8.25. The number of hydrogen-bond acceptors (Lipinski definition) is 5. The second-order valence-electron chi connectivity index (χ2n) is 6.55. The Bertz CT molecular complexity index is 533. The fourth-order valence-electron chi connectivity index (χ4n) is 4.00. The molecule has 2 heterocycles. The molecule has 0 aromatic rings. The minimum Gasteiger partial charge on any atom is -0.465 e. The lowest BCUT2D eigenvalue weighted by Crippen LogP contribution is -2.59. The Morgan fingerprint density at radius 3 is 2.58 bits per heavy atom. The first kappa shape index (κ1) is 17.0. The topological polar surface area (TPSA) is 117 Å². The molecule has 3 rings (SSSR count). The number of ether oxygens (including phenoxy) is 2. The van der Waals surface area contributed by atoms with Gasteiger partial charge in [-0.1, -0.05) is 0 Å². The van der Waals surface area contributed by atoms with Crippen LogP contribution >= 0.6 is 0 Å². The van der Waals surface area contributed by atoms with Crippen LogP contribution in [0, 0.1) is 0 Å². The van der Waals surface area contributed by atoms with Gasteiger partial charge in [-0.3, -0.25) is 9.59 Å². The molecule has 3 fully saturated rings. The molecule has 1 saturated carbocycles. The molecule has 9 nitrogen and oxygen atoms in total. The molecule has 3 aliphatic rings. The van der Waals surface area contributed by atoms with Crippen molar-refractivity contribution in [3.8, 4) is 0 Å². The van der Waals surface area contributed by atoms with Crippen molar-refractivity contribution >= 4 is 17.9 Å². The van der Waals surface area contributed by atoms with Gasteiger partial charge in [-0.15, -0.1) is 0 Å². The first-order chi connectivity index (χ1) is 11.4. The Morgan fingerprint density at radius 1 is 1.25 bits per heavy atom. The van der Waals surface area contributed by atoms with Crippen LogP contribution in [-0.2, 0) is 19.1 Å². The SMILES string of the molecule is CC(=O)N[C@@H]1CC2(CC[C@@H]1N1CC[C@H](NC(=O)O)C1=O)OCCO2. The Balaban J connectivity index is 1.72. The lowest BCUT2D eigenvalue weighted by atomic mass is 9.84. The van der Waals surface area contributed by atoms with Crippen molar-refractivity contribution in [2.75, 3.05) is 19.8 Å². The molecule has 3 N–H and O–H groups in total. The van der Waals surface area contributed by atoms with Crippen molar-refractivity contribution < 1.29 is 29.0 Å². The molecule has 3 atom stereocenters. The van der Waals surface area contributed by atoms with Crippen LogP contribution in [0.15, 0.2) is 0 Å². The monoisotopic (exact) mass is 341 g/mol. The highest BCUT2D eigenvalue weighted by atomic mass is 16.7. The van der Waals surface area contributed by atoms with E-state index in [1.807, 2.05) is 0 Å². The molecule has 2 saturated heterocycles. The van der Waals surface area contributed by atoms with Crippen molar-refractivity contribution in [3.05, 3.63) is 0 Å².